The predicted octanol–water partition coefficient (Wildman–Crippen LogP) is 1.65. The van der Waals surface area contributed by atoms with Crippen molar-refractivity contribution in [2.75, 3.05) is 6.61 Å². The Morgan fingerprint density at radius 2 is 2.47 bits per heavy atom. The molecule has 5 nitrogen and oxygen atoms in total. The Kier molecular flexibility index (Phi) is 2.55. The zero-order chi connectivity index (χ0) is 10.8. The molecule has 0 saturated heterocycles. The van der Waals surface area contributed by atoms with Crippen LogP contribution in [-0.2, 0) is 0 Å². The molecule has 0 N–H and O–H groups in total. The van der Waals surface area contributed by atoms with E-state index in [1.807, 2.05) is 6.92 Å². The minimum atomic E-state index is 0.370. The van der Waals surface area contributed by atoms with Crippen molar-refractivity contribution in [3.63, 3.8) is 0 Å². The van der Waals surface area contributed by atoms with Gasteiger partial charge >= 0.3 is 0 Å². The van der Waals surface area contributed by atoms with E-state index in [1.54, 1.807) is 6.08 Å². The van der Waals surface area contributed by atoms with Crippen LogP contribution < -0.4 is 4.74 Å². The van der Waals surface area contributed by atoms with Crippen molar-refractivity contribution in [2.24, 2.45) is 0 Å². The summed E-state index contributed by atoms with van der Waals surface area (Å²) >= 11 is 5.93. The Hall–Kier alpha value is -1.62. The molecule has 0 spiro atoms. The van der Waals surface area contributed by atoms with Gasteiger partial charge in [-0.15, -0.1) is 0 Å². The highest BCUT2D eigenvalue weighted by Gasteiger charge is 2.12. The summed E-state index contributed by atoms with van der Waals surface area (Å²) in [7, 11) is 0. The molecule has 2 rings (SSSR count). The number of hydrogen-bond acceptors (Lipinski definition) is 4. The van der Waals surface area contributed by atoms with Crippen LogP contribution in [0, 0.1) is 6.92 Å². The molecule has 2 aromatic rings. The fourth-order valence-corrected chi connectivity index (χ4v) is 1.34. The van der Waals surface area contributed by atoms with Crippen LogP contribution in [0.4, 0.5) is 0 Å². The summed E-state index contributed by atoms with van der Waals surface area (Å²) in [5.74, 6) is 0.965. The summed E-state index contributed by atoms with van der Waals surface area (Å²) in [6.45, 7) is 5.78. The van der Waals surface area contributed by atoms with Crippen LogP contribution in [0.1, 0.15) is 5.56 Å². The first kappa shape index (κ1) is 9.92. The molecule has 0 saturated carbocycles. The van der Waals surface area contributed by atoms with Crippen LogP contribution in [0.3, 0.4) is 0 Å². The summed E-state index contributed by atoms with van der Waals surface area (Å²) in [6.07, 6.45) is 3.05. The maximum absolute atomic E-state index is 5.93. The molecule has 0 aromatic carbocycles. The summed E-state index contributed by atoms with van der Waals surface area (Å²) in [6, 6.07) is 0. The van der Waals surface area contributed by atoms with E-state index in [-0.39, 0.29) is 0 Å². The van der Waals surface area contributed by atoms with Gasteiger partial charge in [0.2, 0.25) is 5.88 Å². The first-order valence-corrected chi connectivity index (χ1v) is 4.71. The van der Waals surface area contributed by atoms with Crippen molar-refractivity contribution in [3.05, 3.63) is 29.7 Å². The molecular formula is C9H9ClN4O. The van der Waals surface area contributed by atoms with E-state index in [1.165, 1.54) is 10.8 Å². The molecule has 0 amide bonds. The normalized spacial score (nSPS) is 10.5. The van der Waals surface area contributed by atoms with Gasteiger partial charge in [0.1, 0.15) is 18.1 Å². The van der Waals surface area contributed by atoms with Gasteiger partial charge in [-0.05, 0) is 6.92 Å². The average molecular weight is 225 g/mol. The van der Waals surface area contributed by atoms with Crippen molar-refractivity contribution >= 4 is 17.4 Å². The first-order valence-electron chi connectivity index (χ1n) is 4.33. The molecule has 0 unspecified atom stereocenters. The molecule has 2 aromatic heterocycles. The molecule has 6 heteroatoms. The molecule has 15 heavy (non-hydrogen) atoms. The monoisotopic (exact) mass is 224 g/mol. The standard InChI is InChI=1S/C9H9ClN4O/c1-3-4-15-8-6(2)7(10)13-9-11-5-12-14(8)9/h3,5H,1,4H2,2H3. The molecule has 78 valence electrons. The highest BCUT2D eigenvalue weighted by molar-refractivity contribution is 6.30. The second-order valence-corrected chi connectivity index (χ2v) is 3.26. The highest BCUT2D eigenvalue weighted by Crippen LogP contribution is 2.23. The number of aromatic nitrogens is 4. The van der Waals surface area contributed by atoms with Crippen molar-refractivity contribution in [2.45, 2.75) is 6.92 Å². The molecule has 0 radical (unpaired) electrons. The van der Waals surface area contributed by atoms with Gasteiger partial charge in [-0.3, -0.25) is 0 Å². The summed E-state index contributed by atoms with van der Waals surface area (Å²) in [5, 5.41) is 4.37. The maximum atomic E-state index is 5.93. The summed E-state index contributed by atoms with van der Waals surface area (Å²) < 4.78 is 6.96. The van der Waals surface area contributed by atoms with E-state index in [0.29, 0.717) is 23.4 Å². The molecular weight excluding hydrogens is 216 g/mol. The van der Waals surface area contributed by atoms with Crippen molar-refractivity contribution in [1.82, 2.24) is 19.6 Å². The molecule has 2 heterocycles. The lowest BCUT2D eigenvalue weighted by atomic mass is 10.4. The maximum Gasteiger partial charge on any atom is 0.256 e. The lowest BCUT2D eigenvalue weighted by Gasteiger charge is -2.08. The van der Waals surface area contributed by atoms with E-state index in [9.17, 15) is 0 Å². The topological polar surface area (TPSA) is 52.3 Å². The van der Waals surface area contributed by atoms with Gasteiger partial charge < -0.3 is 4.74 Å². The second kappa shape index (κ2) is 3.86. The van der Waals surface area contributed by atoms with E-state index < -0.39 is 0 Å². The Labute approximate surface area is 91.4 Å². The van der Waals surface area contributed by atoms with Gasteiger partial charge in [0.05, 0.1) is 0 Å². The number of rotatable bonds is 3. The number of ether oxygens (including phenoxy) is 1. The van der Waals surface area contributed by atoms with Gasteiger partial charge in [-0.2, -0.15) is 19.6 Å². The Balaban J connectivity index is 2.60. The Morgan fingerprint density at radius 3 is 3.20 bits per heavy atom. The fourth-order valence-electron chi connectivity index (χ4n) is 1.18. The largest absolute Gasteiger partial charge is 0.473 e. The van der Waals surface area contributed by atoms with Crippen LogP contribution in [0.15, 0.2) is 19.0 Å². The lowest BCUT2D eigenvalue weighted by molar-refractivity contribution is 0.335. The Morgan fingerprint density at radius 1 is 1.67 bits per heavy atom. The van der Waals surface area contributed by atoms with E-state index >= 15 is 0 Å². The van der Waals surface area contributed by atoms with Gasteiger partial charge in [0.25, 0.3) is 5.78 Å². The van der Waals surface area contributed by atoms with Crippen molar-refractivity contribution in [1.29, 1.82) is 0 Å². The predicted molar refractivity (Wildman–Crippen MR) is 56.2 cm³/mol. The number of nitrogens with zero attached hydrogens (tertiary/aromatic N) is 4. The quantitative estimate of drug-likeness (QED) is 0.588. The smallest absolute Gasteiger partial charge is 0.256 e. The van der Waals surface area contributed by atoms with Crippen molar-refractivity contribution < 1.29 is 4.74 Å². The van der Waals surface area contributed by atoms with Crippen LogP contribution in [0.25, 0.3) is 5.78 Å². The zero-order valence-corrected chi connectivity index (χ0v) is 8.90. The number of halogens is 1. The SMILES string of the molecule is C=CCOc1c(C)c(Cl)nc2ncnn12. The third-order valence-corrected chi connectivity index (χ3v) is 2.26. The van der Waals surface area contributed by atoms with Gasteiger partial charge in [-0.25, -0.2) is 0 Å². The van der Waals surface area contributed by atoms with Crippen LogP contribution in [-0.4, -0.2) is 26.2 Å². The highest BCUT2D eigenvalue weighted by atomic mass is 35.5. The molecule has 0 aliphatic rings. The Bertz CT molecular complexity index is 508. The molecule has 0 atom stereocenters. The first-order chi connectivity index (χ1) is 7.24. The summed E-state index contributed by atoms with van der Waals surface area (Å²) in [4.78, 5) is 7.99. The summed E-state index contributed by atoms with van der Waals surface area (Å²) in [5.41, 5.74) is 0.733. The molecule has 0 aliphatic carbocycles. The third-order valence-electron chi connectivity index (χ3n) is 1.89. The lowest BCUT2D eigenvalue weighted by Crippen LogP contribution is -2.05. The molecule has 0 bridgehead atoms. The van der Waals surface area contributed by atoms with Gasteiger partial charge in [-0.1, -0.05) is 24.3 Å². The van der Waals surface area contributed by atoms with Crippen LogP contribution >= 0.6 is 11.6 Å². The van der Waals surface area contributed by atoms with Gasteiger partial charge in [0.15, 0.2) is 0 Å². The van der Waals surface area contributed by atoms with E-state index in [0.717, 1.165) is 5.56 Å². The van der Waals surface area contributed by atoms with Gasteiger partial charge in [0, 0.05) is 5.56 Å². The van der Waals surface area contributed by atoms with E-state index in [4.69, 9.17) is 16.3 Å². The number of hydrogen-bond donors (Lipinski definition) is 0. The fraction of sp³-hybridized carbons (Fsp3) is 0.222. The van der Waals surface area contributed by atoms with Crippen molar-refractivity contribution in [3.8, 4) is 5.88 Å². The minimum Gasteiger partial charge on any atom is -0.473 e. The average Bonchev–Trinajstić information content (AvgIpc) is 2.66. The minimum absolute atomic E-state index is 0.370. The zero-order valence-electron chi connectivity index (χ0n) is 8.14. The molecule has 0 aliphatic heterocycles. The second-order valence-electron chi connectivity index (χ2n) is 2.90. The van der Waals surface area contributed by atoms with Crippen LogP contribution in [0.5, 0.6) is 5.88 Å². The number of fused-ring (bicyclic) bond motifs is 1. The van der Waals surface area contributed by atoms with E-state index in [2.05, 4.69) is 21.6 Å². The van der Waals surface area contributed by atoms with Crippen LogP contribution in [0.2, 0.25) is 5.15 Å². The third kappa shape index (κ3) is 1.66. The molecule has 0 fully saturated rings.